The monoisotopic (exact) mass is 2450 g/mol. The molecule has 6 fully saturated rings. The molecular weight excluding hydrogens is 2250 g/mol. The van der Waals surface area contributed by atoms with Gasteiger partial charge in [0.25, 0.3) is 0 Å². The van der Waals surface area contributed by atoms with Gasteiger partial charge in [-0.1, -0.05) is 10.2 Å². The Morgan fingerprint density at radius 2 is 0.295 bits per heavy atom. The number of hydrogen-bond donors (Lipinski definition) is 4. The zero-order valence-electron chi connectivity index (χ0n) is 102. The van der Waals surface area contributed by atoms with Gasteiger partial charge >= 0.3 is 0 Å². The van der Waals surface area contributed by atoms with Gasteiger partial charge < -0.3 is 144 Å². The maximum Gasteiger partial charge on any atom is 0.188 e. The topological polar surface area (TPSA) is 395 Å². The van der Waals surface area contributed by atoms with Crippen LogP contribution in [0.5, 0.6) is 0 Å². The van der Waals surface area contributed by atoms with E-state index in [0.29, 0.717) is 0 Å². The van der Waals surface area contributed by atoms with E-state index in [4.69, 9.17) is 147 Å². The Kier molecular flexibility index (Phi) is 50.0. The largest absolute Gasteiger partial charge is 0.409 e. The smallest absolute Gasteiger partial charge is 0.188 e. The average molecular weight is 2460 g/mol. The van der Waals surface area contributed by atoms with Crippen LogP contribution in [0.4, 0.5) is 0 Å². The van der Waals surface area contributed by atoms with Crippen molar-refractivity contribution < 1.29 is 122 Å². The zero-order valence-corrected chi connectivity index (χ0v) is 122. The summed E-state index contributed by atoms with van der Waals surface area (Å²) >= 11 is 13.1. The summed E-state index contributed by atoms with van der Waals surface area (Å²) in [6.07, 6.45) is -25.8. The summed E-state index contributed by atoms with van der Waals surface area (Å²) in [6, 6.07) is 0. The molecule has 37 nitrogen and oxygen atoms in total. The molecule has 6 heterocycles. The standard InChI is InChI=1S/C92H208N10O27S2Si18/c1-132(2,3)112-67-61(55-95-91(130)97-57-63-69(114-134(7,8)9)75(120-140(25,26)27)81(126-146(43,44)45)87(105-63)110-89-83(128-148(49,50)51)77(122-142(31,32)33)71(116-136(13,14)15)65(107-89)59-99-101-93)103-85(79(124-144(37,38)39)73(67)118-138(19,20)21)109-86-80(125-145(40,41)42)74(119-139(22,23)24)68(113-133(4,5)6)62(104-86)56-96-92(131)98-58-64-70(115-135(10,11)12)76(121-141(28,29)30)82(127-147(46,47)48)88(106-64)111-90-84(129-149(52,53)54)78(123-143(34,35)36)72(117-137(16,17)18)66(108-90)60-100-102-94/h61-90H,55-60H2,1-54H3,(H2,95,97,130)(H2,96,98,131)/t61-,62-,63-,64-,65-,66-,67-,68-,69-,70-,71-,72-,73+,74+,75+,76+,77+,78+,79-,80-,81-,82-,83-,84-,85-,86-,87-,88-,89-,90-/m1/s1. The molecule has 57 heteroatoms. The van der Waals surface area contributed by atoms with E-state index in [1.54, 1.807) is 0 Å². The van der Waals surface area contributed by atoms with Crippen molar-refractivity contribution in [3.63, 3.8) is 0 Å². The lowest BCUT2D eigenvalue weighted by atomic mass is 9.97. The van der Waals surface area contributed by atoms with E-state index in [9.17, 15) is 11.1 Å². The molecule has 872 valence electrons. The molecule has 0 bridgehead atoms. The van der Waals surface area contributed by atoms with Crippen LogP contribution in [0.2, 0.25) is 354 Å². The highest BCUT2D eigenvalue weighted by molar-refractivity contribution is 7.80. The van der Waals surface area contributed by atoms with E-state index in [1.165, 1.54) is 0 Å². The highest BCUT2D eigenvalue weighted by Gasteiger charge is 2.63. The molecule has 4 N–H and O–H groups in total. The summed E-state index contributed by atoms with van der Waals surface area (Å²) in [5, 5.41) is 23.3. The molecule has 6 aliphatic rings. The molecule has 6 saturated heterocycles. The van der Waals surface area contributed by atoms with Crippen LogP contribution < -0.4 is 21.3 Å². The van der Waals surface area contributed by atoms with Crippen LogP contribution in [-0.4, -0.2) is 383 Å². The number of ether oxygens (including phenoxy) is 9. The lowest BCUT2D eigenvalue weighted by Gasteiger charge is -2.54. The molecule has 149 heavy (non-hydrogen) atoms. The number of hydrogen-bond acceptors (Lipinski definition) is 31. The van der Waals surface area contributed by atoms with Gasteiger partial charge in [0.15, 0.2) is 198 Å². The number of thiocarbonyl (C=S) groups is 2. The lowest BCUT2D eigenvalue weighted by Crippen LogP contribution is -2.70. The summed E-state index contributed by atoms with van der Waals surface area (Å²) in [5.74, 6) is 0. The van der Waals surface area contributed by atoms with Crippen molar-refractivity contribution in [2.24, 2.45) is 10.2 Å². The Morgan fingerprint density at radius 1 is 0.188 bits per heavy atom. The maximum atomic E-state index is 9.98. The van der Waals surface area contributed by atoms with Gasteiger partial charge in [0.2, 0.25) is 0 Å². The van der Waals surface area contributed by atoms with Gasteiger partial charge in [-0.2, -0.15) is 0 Å². The van der Waals surface area contributed by atoms with Crippen molar-refractivity contribution in [3.8, 4) is 0 Å². The number of nitrogens with zero attached hydrogens (tertiary/aromatic N) is 6. The van der Waals surface area contributed by atoms with Gasteiger partial charge in [0.1, 0.15) is 122 Å². The Labute approximate surface area is 928 Å². The normalized spacial score (nSPS) is 32.4. The molecule has 0 aromatic rings. The van der Waals surface area contributed by atoms with Crippen LogP contribution in [0.1, 0.15) is 0 Å². The second-order valence-corrected chi connectivity index (χ2v) is 139. The number of azide groups is 2. The van der Waals surface area contributed by atoms with Crippen LogP contribution in [-0.2, 0) is 122 Å². The van der Waals surface area contributed by atoms with Crippen molar-refractivity contribution in [2.75, 3.05) is 39.3 Å². The molecule has 0 aromatic carbocycles. The van der Waals surface area contributed by atoms with Gasteiger partial charge in [-0.25, -0.2) is 0 Å². The first-order chi connectivity index (χ1) is 66.7. The fourth-order valence-electron chi connectivity index (χ4n) is 18.2. The minimum Gasteiger partial charge on any atom is -0.409 e. The van der Waals surface area contributed by atoms with E-state index in [1.807, 2.05) is 0 Å². The molecule has 0 radical (unpaired) electrons. The molecule has 0 aliphatic carbocycles. The average Bonchev–Trinajstić information content (AvgIpc) is 0.758. The number of nitrogens with one attached hydrogen (secondary N) is 4. The highest BCUT2D eigenvalue weighted by atomic mass is 32.1. The number of rotatable bonds is 54. The summed E-state index contributed by atoms with van der Waals surface area (Å²) in [6.45, 7) is 116. The highest BCUT2D eigenvalue weighted by Crippen LogP contribution is 2.46. The van der Waals surface area contributed by atoms with E-state index < -0.39 is 334 Å². The van der Waals surface area contributed by atoms with Gasteiger partial charge in [-0.3, -0.25) is 0 Å². The maximum absolute atomic E-state index is 9.98. The zero-order chi connectivity index (χ0) is 114. The van der Waals surface area contributed by atoms with E-state index in [-0.39, 0.29) is 49.5 Å². The fourth-order valence-corrected chi connectivity index (χ4v) is 38.0. The van der Waals surface area contributed by atoms with Crippen LogP contribution in [0.25, 0.3) is 20.9 Å². The Bertz CT molecular complexity index is 4000. The molecule has 0 saturated carbocycles. The van der Waals surface area contributed by atoms with Crippen LogP contribution in [0, 0.1) is 0 Å². The molecule has 30 atom stereocenters. The Morgan fingerprint density at radius 3 is 0.416 bits per heavy atom. The van der Waals surface area contributed by atoms with Crippen LogP contribution in [0.3, 0.4) is 0 Å². The summed E-state index contributed by atoms with van der Waals surface area (Å²) in [5.41, 5.74) is 20.0. The third-order valence-electron chi connectivity index (χ3n) is 21.7. The van der Waals surface area contributed by atoms with Gasteiger partial charge in [0, 0.05) is 36.0 Å². The first-order valence-electron chi connectivity index (χ1n) is 53.9. The van der Waals surface area contributed by atoms with E-state index in [2.05, 4.69) is 395 Å². The lowest BCUT2D eigenvalue weighted by molar-refractivity contribution is -0.364. The van der Waals surface area contributed by atoms with E-state index in [0.717, 1.165) is 0 Å². The first kappa shape index (κ1) is 138. The second-order valence-electron chi connectivity index (χ2n) is 58.2. The molecule has 0 amide bonds. The Hall–Kier alpha value is 0.824. The molecule has 0 aromatic heterocycles. The SMILES string of the molecule is C[Si](C)(C)O[C@@H]1[C@@H](O[Si](C)(C)C)[C@@H](O[C@H]2O[C@H](CNC(=S)NC[C@H]3O[C@H](O[C@H]4O[C@H](CNC(=S)NC[C@H]5O[C@H](O[C@H]6O[C@H](CN=[N+]=[N-])[C@@H](O[Si](C)(C)C)[C@H](O[Si](C)(C)C)[C@H]6O[Si](C)(C)C)[C@H](O[Si](C)(C)C)[C@@H](O[Si](C)(C)C)[C@@H]5O[Si](C)(C)C)[C@@H](O[Si](C)(C)C)[C@H](O[Si](C)(C)C)[C@H]4O[Si](C)(C)C)[C@H](O[Si](C)(C)C)[C@@H](O[Si](C)(C)C)[C@@H]3O[Si](C)(C)C)[C@@H](O[Si](C)(C)C)[C@H](O[Si](C)(C)C)[C@H]2O[Si](C)(C)C)O[C@H](CN=[N+]=[N-])[C@H]1O[Si](C)(C)C. The summed E-state index contributed by atoms with van der Waals surface area (Å²) in [4.78, 5) is 6.46. The molecule has 0 spiro atoms. The quantitative estimate of drug-likeness (QED) is 0.0144. The Balaban J connectivity index is 1.51. The van der Waals surface area contributed by atoms with Crippen LogP contribution in [0.15, 0.2) is 10.2 Å². The molecular formula is C92H208N10O27S2Si18. The summed E-state index contributed by atoms with van der Waals surface area (Å²) in [7, 11) is -45.4. The summed E-state index contributed by atoms with van der Waals surface area (Å²) < 4.78 is 201. The van der Waals surface area contributed by atoms with Gasteiger partial charge in [-0.05, 0) is 389 Å². The van der Waals surface area contributed by atoms with E-state index >= 15 is 0 Å². The second kappa shape index (κ2) is 53.8. The van der Waals surface area contributed by atoms with Crippen molar-refractivity contribution in [1.82, 2.24) is 21.3 Å². The van der Waals surface area contributed by atoms with Crippen molar-refractivity contribution >= 4 is 184 Å². The van der Waals surface area contributed by atoms with Gasteiger partial charge in [0.05, 0.1) is 37.5 Å². The third-order valence-corrected chi connectivity index (χ3v) is 39.9. The fraction of sp³-hybridized carbons (Fsp3) is 0.978. The van der Waals surface area contributed by atoms with Crippen molar-refractivity contribution in [3.05, 3.63) is 20.9 Å². The van der Waals surface area contributed by atoms with Crippen molar-refractivity contribution in [1.29, 1.82) is 0 Å². The minimum atomic E-state index is -2.64. The predicted molar refractivity (Wildman–Crippen MR) is 648 cm³/mol. The van der Waals surface area contributed by atoms with Crippen molar-refractivity contribution in [2.45, 2.75) is 538 Å². The first-order valence-corrected chi connectivity index (χ1v) is 116. The molecule has 6 aliphatic heterocycles. The predicted octanol–water partition coefficient (Wildman–Crippen LogP) is 20.9. The van der Waals surface area contributed by atoms with Crippen LogP contribution >= 0.6 is 24.4 Å². The molecule has 6 rings (SSSR count). The van der Waals surface area contributed by atoms with Gasteiger partial charge in [-0.15, -0.1) is 0 Å². The molecule has 0 unspecified atom stereocenters. The minimum absolute atomic E-state index is 0.0649. The third kappa shape index (κ3) is 51.0.